The summed E-state index contributed by atoms with van der Waals surface area (Å²) in [4.78, 5) is 34.6. The van der Waals surface area contributed by atoms with E-state index in [1.165, 1.54) is 6.07 Å². The molecule has 1 unspecified atom stereocenters. The van der Waals surface area contributed by atoms with Gasteiger partial charge in [-0.1, -0.05) is 22.0 Å². The molecule has 1 aromatic carbocycles. The maximum atomic E-state index is 13.0. The Bertz CT molecular complexity index is 975. The molecule has 2 saturated heterocycles. The second-order valence-electron chi connectivity index (χ2n) is 7.60. The summed E-state index contributed by atoms with van der Waals surface area (Å²) >= 11 is 3.40. The van der Waals surface area contributed by atoms with Crippen molar-refractivity contribution in [1.29, 1.82) is 0 Å². The number of aromatic nitrogens is 1. The minimum Gasteiger partial charge on any atom is -0.353 e. The summed E-state index contributed by atoms with van der Waals surface area (Å²) in [5, 5.41) is 0. The molecule has 2 fully saturated rings. The van der Waals surface area contributed by atoms with Gasteiger partial charge in [-0.2, -0.15) is 13.2 Å². The van der Waals surface area contributed by atoms with Crippen molar-refractivity contribution in [2.45, 2.75) is 12.6 Å². The van der Waals surface area contributed by atoms with Gasteiger partial charge in [0.1, 0.15) is 5.82 Å². The van der Waals surface area contributed by atoms with E-state index in [9.17, 15) is 22.8 Å². The summed E-state index contributed by atoms with van der Waals surface area (Å²) in [5.41, 5.74) is -0.0289. The first-order chi connectivity index (χ1) is 14.7. The van der Waals surface area contributed by atoms with Gasteiger partial charge in [0.05, 0.1) is 11.5 Å². The van der Waals surface area contributed by atoms with E-state index in [4.69, 9.17) is 0 Å². The lowest BCUT2D eigenvalue weighted by atomic mass is 10.1. The lowest BCUT2D eigenvalue weighted by Gasteiger charge is -2.36. The molecule has 10 heteroatoms. The first-order valence-electron chi connectivity index (χ1n) is 9.85. The third-order valence-electron chi connectivity index (χ3n) is 5.58. The molecule has 4 rings (SSSR count). The first-order valence-corrected chi connectivity index (χ1v) is 10.6. The highest BCUT2D eigenvalue weighted by Gasteiger charge is 2.38. The average molecular weight is 497 g/mol. The molecule has 164 valence electrons. The smallest absolute Gasteiger partial charge is 0.353 e. The van der Waals surface area contributed by atoms with Crippen LogP contribution in [0.25, 0.3) is 0 Å². The van der Waals surface area contributed by atoms with Crippen LogP contribution in [0.3, 0.4) is 0 Å². The van der Waals surface area contributed by atoms with Crippen LogP contribution in [-0.4, -0.2) is 54.4 Å². The van der Waals surface area contributed by atoms with Crippen LogP contribution in [0.2, 0.25) is 0 Å². The second-order valence-corrected chi connectivity index (χ2v) is 8.52. The first kappa shape index (κ1) is 21.6. The lowest BCUT2D eigenvalue weighted by Crippen LogP contribution is -2.51. The quantitative estimate of drug-likeness (QED) is 0.651. The van der Waals surface area contributed by atoms with Crippen LogP contribution >= 0.6 is 15.9 Å². The number of anilines is 2. The number of carbonyl (C=O) groups is 2. The number of amides is 2. The van der Waals surface area contributed by atoms with Crippen LogP contribution in [-0.2, 0) is 15.8 Å². The fourth-order valence-electron chi connectivity index (χ4n) is 3.92. The molecule has 2 amide bonds. The Morgan fingerprint density at radius 2 is 1.84 bits per heavy atom. The molecule has 0 spiro atoms. The Balaban J connectivity index is 1.35. The Hall–Kier alpha value is -2.62. The summed E-state index contributed by atoms with van der Waals surface area (Å²) < 4.78 is 39.0. The number of alkyl halides is 3. The zero-order valence-corrected chi connectivity index (χ0v) is 18.1. The third kappa shape index (κ3) is 4.68. The Morgan fingerprint density at radius 1 is 1.10 bits per heavy atom. The number of benzene rings is 1. The Labute approximate surface area is 185 Å². The molecule has 31 heavy (non-hydrogen) atoms. The van der Waals surface area contributed by atoms with Gasteiger partial charge in [-0.3, -0.25) is 9.59 Å². The Kier molecular flexibility index (Phi) is 5.92. The predicted octanol–water partition coefficient (Wildman–Crippen LogP) is 3.56. The molecule has 1 aromatic heterocycles. The highest BCUT2D eigenvalue weighted by atomic mass is 79.9. The van der Waals surface area contributed by atoms with Gasteiger partial charge in [0.2, 0.25) is 11.8 Å². The fraction of sp³-hybridized carbons (Fsp3) is 0.381. The van der Waals surface area contributed by atoms with Crippen LogP contribution in [0, 0.1) is 5.92 Å². The second kappa shape index (κ2) is 8.49. The monoisotopic (exact) mass is 496 g/mol. The number of piperazine rings is 1. The molecule has 0 saturated carbocycles. The van der Waals surface area contributed by atoms with Crippen LogP contribution in [0.4, 0.5) is 24.7 Å². The predicted molar refractivity (Wildman–Crippen MR) is 113 cm³/mol. The van der Waals surface area contributed by atoms with E-state index in [0.29, 0.717) is 38.5 Å². The molecule has 2 aromatic rings. The largest absolute Gasteiger partial charge is 0.417 e. The minimum atomic E-state index is -4.42. The van der Waals surface area contributed by atoms with Gasteiger partial charge in [-0.05, 0) is 30.3 Å². The average Bonchev–Trinajstić information content (AvgIpc) is 3.14. The van der Waals surface area contributed by atoms with Crippen molar-refractivity contribution in [3.8, 4) is 0 Å². The molecule has 6 nitrogen and oxygen atoms in total. The van der Waals surface area contributed by atoms with Gasteiger partial charge in [-0.25, -0.2) is 4.98 Å². The number of nitrogens with zero attached hydrogens (tertiary/aromatic N) is 4. The van der Waals surface area contributed by atoms with Gasteiger partial charge in [0, 0.05) is 55.5 Å². The third-order valence-corrected chi connectivity index (χ3v) is 6.08. The van der Waals surface area contributed by atoms with E-state index < -0.39 is 17.7 Å². The minimum absolute atomic E-state index is 0.0640. The molecule has 1 atom stereocenters. The van der Waals surface area contributed by atoms with Crippen molar-refractivity contribution < 1.29 is 22.8 Å². The van der Waals surface area contributed by atoms with Crippen molar-refractivity contribution in [3.63, 3.8) is 0 Å². The summed E-state index contributed by atoms with van der Waals surface area (Å²) in [5.74, 6) is -0.0888. The van der Waals surface area contributed by atoms with Crippen LogP contribution in [0.5, 0.6) is 0 Å². The van der Waals surface area contributed by atoms with Crippen LogP contribution < -0.4 is 9.80 Å². The Morgan fingerprint density at radius 3 is 2.45 bits per heavy atom. The van der Waals surface area contributed by atoms with Gasteiger partial charge < -0.3 is 14.7 Å². The number of halogens is 4. The molecule has 2 aliphatic rings. The number of rotatable bonds is 3. The fourth-order valence-corrected chi connectivity index (χ4v) is 4.31. The van der Waals surface area contributed by atoms with E-state index in [1.807, 2.05) is 29.2 Å². The van der Waals surface area contributed by atoms with Crippen molar-refractivity contribution in [2.24, 2.45) is 5.92 Å². The van der Waals surface area contributed by atoms with E-state index >= 15 is 0 Å². The SMILES string of the molecule is O=C(C1CC(=O)N(c2cccc(Br)c2)C1)N1CCN(c2ccc(C(F)(F)F)cn2)CC1. The van der Waals surface area contributed by atoms with Crippen molar-refractivity contribution in [3.05, 3.63) is 52.6 Å². The molecular formula is C21H20BrF3N4O2. The van der Waals surface area contributed by atoms with Crippen molar-refractivity contribution in [2.75, 3.05) is 42.5 Å². The van der Waals surface area contributed by atoms with E-state index in [1.54, 1.807) is 9.80 Å². The topological polar surface area (TPSA) is 56.8 Å². The van der Waals surface area contributed by atoms with Crippen molar-refractivity contribution in [1.82, 2.24) is 9.88 Å². The maximum absolute atomic E-state index is 13.0. The number of carbonyl (C=O) groups excluding carboxylic acids is 2. The molecule has 0 bridgehead atoms. The summed E-state index contributed by atoms with van der Waals surface area (Å²) in [6, 6.07) is 9.77. The number of hydrogen-bond acceptors (Lipinski definition) is 4. The lowest BCUT2D eigenvalue weighted by molar-refractivity contribution is -0.138. The molecular weight excluding hydrogens is 477 g/mol. The zero-order valence-electron chi connectivity index (χ0n) is 16.5. The number of pyridine rings is 1. The van der Waals surface area contributed by atoms with Gasteiger partial charge in [0.15, 0.2) is 0 Å². The molecule has 0 aliphatic carbocycles. The highest BCUT2D eigenvalue weighted by molar-refractivity contribution is 9.10. The van der Waals surface area contributed by atoms with Gasteiger partial charge in [-0.15, -0.1) is 0 Å². The van der Waals surface area contributed by atoms with Crippen LogP contribution in [0.15, 0.2) is 47.1 Å². The summed E-state index contributed by atoms with van der Waals surface area (Å²) in [6.45, 7) is 2.15. The zero-order chi connectivity index (χ0) is 22.2. The normalized spacial score (nSPS) is 19.8. The molecule has 0 radical (unpaired) electrons. The van der Waals surface area contributed by atoms with Gasteiger partial charge in [0.25, 0.3) is 0 Å². The molecule has 3 heterocycles. The van der Waals surface area contributed by atoms with E-state index in [2.05, 4.69) is 20.9 Å². The standard InChI is InChI=1S/C21H20BrF3N4O2/c22-16-2-1-3-17(11-16)29-13-14(10-19(29)30)20(31)28-8-6-27(7-9-28)18-5-4-15(12-26-18)21(23,24)25/h1-5,11-12,14H,6-10,13H2. The summed E-state index contributed by atoms with van der Waals surface area (Å²) in [6.07, 6.45) is -3.42. The molecule has 0 N–H and O–H groups in total. The maximum Gasteiger partial charge on any atom is 0.417 e. The highest BCUT2D eigenvalue weighted by Crippen LogP contribution is 2.30. The van der Waals surface area contributed by atoms with E-state index in [-0.39, 0.29) is 18.2 Å². The van der Waals surface area contributed by atoms with E-state index in [0.717, 1.165) is 22.4 Å². The van der Waals surface area contributed by atoms with Gasteiger partial charge >= 0.3 is 6.18 Å². The van der Waals surface area contributed by atoms with Crippen LogP contribution in [0.1, 0.15) is 12.0 Å². The molecule has 2 aliphatic heterocycles. The number of hydrogen-bond donors (Lipinski definition) is 0. The summed E-state index contributed by atoms with van der Waals surface area (Å²) in [7, 11) is 0. The van der Waals surface area contributed by atoms with Crippen molar-refractivity contribution >= 4 is 39.2 Å².